The lowest BCUT2D eigenvalue weighted by atomic mass is 9.93. The van der Waals surface area contributed by atoms with Crippen LogP contribution >= 0.6 is 0 Å². The van der Waals surface area contributed by atoms with E-state index in [0.717, 1.165) is 26.1 Å². The second kappa shape index (κ2) is 9.19. The van der Waals surface area contributed by atoms with E-state index in [1.165, 1.54) is 5.56 Å². The van der Waals surface area contributed by atoms with Crippen LogP contribution in [0.25, 0.3) is 0 Å². The molecule has 1 aliphatic rings. The molecule has 0 bridgehead atoms. The second-order valence-corrected chi connectivity index (χ2v) is 7.58. The van der Waals surface area contributed by atoms with Crippen LogP contribution in [0.2, 0.25) is 0 Å². The summed E-state index contributed by atoms with van der Waals surface area (Å²) in [6, 6.07) is 10.1. The Morgan fingerprint density at radius 1 is 1.29 bits per heavy atom. The topological polar surface area (TPSA) is 52.6 Å². The molecule has 0 aliphatic carbocycles. The van der Waals surface area contributed by atoms with Gasteiger partial charge in [-0.2, -0.15) is 0 Å². The zero-order chi connectivity index (χ0) is 17.5. The number of carbonyl (C=O) groups excluding carboxylic acids is 1. The first-order valence-electron chi connectivity index (χ1n) is 9.18. The summed E-state index contributed by atoms with van der Waals surface area (Å²) in [5, 5.41) is 12.9. The molecule has 2 rings (SSSR count). The molecule has 2 N–H and O–H groups in total. The summed E-state index contributed by atoms with van der Waals surface area (Å²) in [6.07, 6.45) is 1.24. The number of hydrogen-bond donors (Lipinski definition) is 2. The van der Waals surface area contributed by atoms with Crippen molar-refractivity contribution in [2.75, 3.05) is 26.2 Å². The molecule has 1 amide bonds. The molecule has 1 fully saturated rings. The van der Waals surface area contributed by atoms with Gasteiger partial charge < -0.3 is 15.3 Å². The predicted molar refractivity (Wildman–Crippen MR) is 97.9 cm³/mol. The minimum Gasteiger partial charge on any atom is -0.393 e. The Balaban J connectivity index is 1.86. The van der Waals surface area contributed by atoms with Gasteiger partial charge in [0.2, 0.25) is 5.91 Å². The van der Waals surface area contributed by atoms with E-state index < -0.39 is 0 Å². The zero-order valence-corrected chi connectivity index (χ0v) is 15.2. The molecule has 1 aromatic rings. The quantitative estimate of drug-likeness (QED) is 0.769. The standard InChI is InChI=1S/C20H32N2O2/c1-15(2)13-22-10-9-18(14-22)20(24)21-12-19(11-16(3)23)17-7-5-4-6-8-17/h4-8,15-16,18-19,23H,9-14H2,1-3H3,(H,21,24). The van der Waals surface area contributed by atoms with Crippen molar-refractivity contribution in [2.24, 2.45) is 11.8 Å². The summed E-state index contributed by atoms with van der Waals surface area (Å²) in [5.41, 5.74) is 1.17. The van der Waals surface area contributed by atoms with Crippen LogP contribution in [0.1, 0.15) is 45.1 Å². The Bertz CT molecular complexity index is 502. The molecule has 134 valence electrons. The Labute approximate surface area is 146 Å². The van der Waals surface area contributed by atoms with E-state index in [0.29, 0.717) is 18.9 Å². The largest absolute Gasteiger partial charge is 0.393 e. The normalized spacial score (nSPS) is 21.0. The molecule has 1 heterocycles. The van der Waals surface area contributed by atoms with Gasteiger partial charge >= 0.3 is 0 Å². The van der Waals surface area contributed by atoms with Gasteiger partial charge in [0.15, 0.2) is 0 Å². The number of hydrogen-bond acceptors (Lipinski definition) is 3. The molecule has 0 saturated carbocycles. The highest BCUT2D eigenvalue weighted by Crippen LogP contribution is 2.22. The molecule has 1 aliphatic heterocycles. The van der Waals surface area contributed by atoms with Gasteiger partial charge in [0.05, 0.1) is 12.0 Å². The smallest absolute Gasteiger partial charge is 0.224 e. The number of carbonyl (C=O) groups is 1. The fourth-order valence-corrected chi connectivity index (χ4v) is 3.57. The predicted octanol–water partition coefficient (Wildman–Crippen LogP) is 2.64. The molecule has 1 saturated heterocycles. The Morgan fingerprint density at radius 3 is 2.62 bits per heavy atom. The van der Waals surface area contributed by atoms with Crippen LogP contribution in [-0.4, -0.2) is 48.2 Å². The van der Waals surface area contributed by atoms with Crippen molar-refractivity contribution in [3.8, 4) is 0 Å². The summed E-state index contributed by atoms with van der Waals surface area (Å²) in [7, 11) is 0. The Hall–Kier alpha value is -1.39. The zero-order valence-electron chi connectivity index (χ0n) is 15.2. The van der Waals surface area contributed by atoms with Crippen molar-refractivity contribution in [3.63, 3.8) is 0 Å². The third-order valence-corrected chi connectivity index (χ3v) is 4.69. The van der Waals surface area contributed by atoms with Crippen LogP contribution in [0.4, 0.5) is 0 Å². The number of rotatable bonds is 8. The molecule has 0 spiro atoms. The number of nitrogens with zero attached hydrogens (tertiary/aromatic N) is 1. The van der Waals surface area contributed by atoms with Crippen LogP contribution in [0.5, 0.6) is 0 Å². The molecular formula is C20H32N2O2. The molecule has 4 heteroatoms. The first-order valence-corrected chi connectivity index (χ1v) is 9.18. The number of likely N-dealkylation sites (tertiary alicyclic amines) is 1. The number of nitrogens with one attached hydrogen (secondary N) is 1. The first kappa shape index (κ1) is 18.9. The van der Waals surface area contributed by atoms with Gasteiger partial charge in [-0.05, 0) is 37.8 Å². The van der Waals surface area contributed by atoms with E-state index in [1.54, 1.807) is 6.92 Å². The third kappa shape index (κ3) is 5.91. The Kier molecular flexibility index (Phi) is 7.25. The van der Waals surface area contributed by atoms with Crippen LogP contribution < -0.4 is 5.32 Å². The molecule has 0 aromatic heterocycles. The summed E-state index contributed by atoms with van der Waals surface area (Å²) in [6.45, 7) is 9.79. The molecule has 4 nitrogen and oxygen atoms in total. The number of aliphatic hydroxyl groups is 1. The molecule has 1 aromatic carbocycles. The van der Waals surface area contributed by atoms with Crippen molar-refractivity contribution in [2.45, 2.75) is 45.6 Å². The minimum atomic E-state index is -0.375. The fraction of sp³-hybridized carbons (Fsp3) is 0.650. The second-order valence-electron chi connectivity index (χ2n) is 7.58. The van der Waals surface area contributed by atoms with Gasteiger partial charge in [-0.1, -0.05) is 44.2 Å². The third-order valence-electron chi connectivity index (χ3n) is 4.69. The van der Waals surface area contributed by atoms with Crippen molar-refractivity contribution >= 4 is 5.91 Å². The van der Waals surface area contributed by atoms with E-state index in [4.69, 9.17) is 0 Å². The highest BCUT2D eigenvalue weighted by molar-refractivity contribution is 5.79. The number of benzene rings is 1. The van der Waals surface area contributed by atoms with Gasteiger partial charge in [0.25, 0.3) is 0 Å². The van der Waals surface area contributed by atoms with Gasteiger partial charge in [-0.25, -0.2) is 0 Å². The molecular weight excluding hydrogens is 300 g/mol. The van der Waals surface area contributed by atoms with Gasteiger partial charge in [0, 0.05) is 25.6 Å². The molecule has 0 radical (unpaired) electrons. The van der Waals surface area contributed by atoms with Crippen LogP contribution in [0, 0.1) is 11.8 Å². The van der Waals surface area contributed by atoms with Gasteiger partial charge in [-0.15, -0.1) is 0 Å². The lowest BCUT2D eigenvalue weighted by Gasteiger charge is -2.21. The van der Waals surface area contributed by atoms with Crippen LogP contribution in [0.3, 0.4) is 0 Å². The maximum absolute atomic E-state index is 12.5. The number of amides is 1. The van der Waals surface area contributed by atoms with Crippen molar-refractivity contribution in [3.05, 3.63) is 35.9 Å². The summed E-state index contributed by atoms with van der Waals surface area (Å²) in [5.74, 6) is 1.06. The van der Waals surface area contributed by atoms with E-state index >= 15 is 0 Å². The van der Waals surface area contributed by atoms with E-state index in [9.17, 15) is 9.90 Å². The molecule has 24 heavy (non-hydrogen) atoms. The molecule has 3 atom stereocenters. The van der Waals surface area contributed by atoms with Crippen LogP contribution in [0.15, 0.2) is 30.3 Å². The summed E-state index contributed by atoms with van der Waals surface area (Å²) < 4.78 is 0. The monoisotopic (exact) mass is 332 g/mol. The lowest BCUT2D eigenvalue weighted by Crippen LogP contribution is -2.36. The van der Waals surface area contributed by atoms with Crippen molar-refractivity contribution in [1.29, 1.82) is 0 Å². The first-order chi connectivity index (χ1) is 11.5. The van der Waals surface area contributed by atoms with Gasteiger partial charge in [0.1, 0.15) is 0 Å². The average Bonchev–Trinajstić information content (AvgIpc) is 2.99. The summed E-state index contributed by atoms with van der Waals surface area (Å²) in [4.78, 5) is 14.9. The Morgan fingerprint density at radius 2 is 2.00 bits per heavy atom. The SMILES string of the molecule is CC(C)CN1CCC(C(=O)NCC(CC(C)O)c2ccccc2)C1. The summed E-state index contributed by atoms with van der Waals surface area (Å²) >= 11 is 0. The minimum absolute atomic E-state index is 0.103. The van der Waals surface area contributed by atoms with E-state index in [1.807, 2.05) is 18.2 Å². The lowest BCUT2D eigenvalue weighted by molar-refractivity contribution is -0.124. The average molecular weight is 332 g/mol. The highest BCUT2D eigenvalue weighted by Gasteiger charge is 2.28. The fourth-order valence-electron chi connectivity index (χ4n) is 3.57. The van der Waals surface area contributed by atoms with Gasteiger partial charge in [-0.3, -0.25) is 4.79 Å². The van der Waals surface area contributed by atoms with Crippen molar-refractivity contribution in [1.82, 2.24) is 10.2 Å². The highest BCUT2D eigenvalue weighted by atomic mass is 16.3. The van der Waals surface area contributed by atoms with E-state index in [-0.39, 0.29) is 23.8 Å². The maximum atomic E-state index is 12.5. The van der Waals surface area contributed by atoms with E-state index in [2.05, 4.69) is 36.2 Å². The number of aliphatic hydroxyl groups excluding tert-OH is 1. The molecule has 3 unspecified atom stereocenters. The maximum Gasteiger partial charge on any atom is 0.224 e. The van der Waals surface area contributed by atoms with Crippen molar-refractivity contribution < 1.29 is 9.90 Å². The van der Waals surface area contributed by atoms with Crippen LogP contribution in [-0.2, 0) is 4.79 Å².